The average Bonchev–Trinajstić information content (AvgIpc) is 2.34. The zero-order valence-corrected chi connectivity index (χ0v) is 11.5. The minimum Gasteiger partial charge on any atom is -0.374 e. The van der Waals surface area contributed by atoms with Crippen LogP contribution < -0.4 is 5.32 Å². The van der Waals surface area contributed by atoms with E-state index in [2.05, 4.69) is 23.8 Å². The SMILES string of the molecule is C=CCCCCCC(NC)C1CN(C)CCO1. The first-order valence-electron chi connectivity index (χ1n) is 6.86. The molecule has 0 aliphatic carbocycles. The maximum atomic E-state index is 5.86. The van der Waals surface area contributed by atoms with Gasteiger partial charge in [-0.15, -0.1) is 6.58 Å². The van der Waals surface area contributed by atoms with Crippen molar-refractivity contribution in [3.8, 4) is 0 Å². The van der Waals surface area contributed by atoms with Crippen molar-refractivity contribution in [1.82, 2.24) is 10.2 Å². The van der Waals surface area contributed by atoms with Gasteiger partial charge in [0.1, 0.15) is 0 Å². The molecule has 1 N–H and O–H groups in total. The predicted molar refractivity (Wildman–Crippen MR) is 73.4 cm³/mol. The molecule has 0 saturated carbocycles. The van der Waals surface area contributed by atoms with Gasteiger partial charge >= 0.3 is 0 Å². The van der Waals surface area contributed by atoms with E-state index in [1.54, 1.807) is 0 Å². The first kappa shape index (κ1) is 14.7. The topological polar surface area (TPSA) is 24.5 Å². The van der Waals surface area contributed by atoms with E-state index < -0.39 is 0 Å². The molecule has 17 heavy (non-hydrogen) atoms. The first-order chi connectivity index (χ1) is 8.27. The summed E-state index contributed by atoms with van der Waals surface area (Å²) in [6.45, 7) is 6.74. The highest BCUT2D eigenvalue weighted by Gasteiger charge is 2.24. The highest BCUT2D eigenvalue weighted by molar-refractivity contribution is 4.81. The van der Waals surface area contributed by atoms with Crippen molar-refractivity contribution in [2.24, 2.45) is 0 Å². The Hall–Kier alpha value is -0.380. The number of rotatable bonds is 8. The second kappa shape index (κ2) is 8.67. The van der Waals surface area contributed by atoms with Crippen LogP contribution in [0.1, 0.15) is 32.1 Å². The lowest BCUT2D eigenvalue weighted by Crippen LogP contribution is -2.50. The summed E-state index contributed by atoms with van der Waals surface area (Å²) in [7, 11) is 4.22. The number of unbranched alkanes of at least 4 members (excludes halogenated alkanes) is 3. The Balaban J connectivity index is 2.20. The largest absolute Gasteiger partial charge is 0.374 e. The quantitative estimate of drug-likeness (QED) is 0.519. The second-order valence-corrected chi connectivity index (χ2v) is 4.99. The van der Waals surface area contributed by atoms with E-state index in [1.807, 2.05) is 13.1 Å². The van der Waals surface area contributed by atoms with Crippen LogP contribution in [-0.2, 0) is 4.74 Å². The van der Waals surface area contributed by atoms with Crippen LogP contribution in [0.5, 0.6) is 0 Å². The molecule has 1 aliphatic rings. The minimum atomic E-state index is 0.359. The van der Waals surface area contributed by atoms with E-state index >= 15 is 0 Å². The Morgan fingerprint density at radius 2 is 2.29 bits per heavy atom. The number of nitrogens with one attached hydrogen (secondary N) is 1. The lowest BCUT2D eigenvalue weighted by atomic mass is 10.0. The molecule has 2 atom stereocenters. The molecule has 1 rings (SSSR count). The molecule has 100 valence electrons. The monoisotopic (exact) mass is 240 g/mol. The number of hydrogen-bond acceptors (Lipinski definition) is 3. The highest BCUT2D eigenvalue weighted by atomic mass is 16.5. The molecule has 0 aromatic rings. The molecule has 3 heteroatoms. The lowest BCUT2D eigenvalue weighted by molar-refractivity contribution is -0.0390. The molecule has 1 heterocycles. The Labute approximate surface area is 106 Å². The van der Waals surface area contributed by atoms with Gasteiger partial charge in [-0.2, -0.15) is 0 Å². The van der Waals surface area contributed by atoms with Crippen LogP contribution in [0.25, 0.3) is 0 Å². The molecule has 0 aromatic heterocycles. The van der Waals surface area contributed by atoms with Crippen LogP contribution in [-0.4, -0.2) is 50.8 Å². The third kappa shape index (κ3) is 5.66. The Morgan fingerprint density at radius 1 is 1.47 bits per heavy atom. The minimum absolute atomic E-state index is 0.359. The number of allylic oxidation sites excluding steroid dienone is 1. The summed E-state index contributed by atoms with van der Waals surface area (Å²) in [5.41, 5.74) is 0. The van der Waals surface area contributed by atoms with Gasteiger partial charge in [0, 0.05) is 19.1 Å². The fourth-order valence-corrected chi connectivity index (χ4v) is 2.40. The van der Waals surface area contributed by atoms with E-state index in [0.717, 1.165) is 26.1 Å². The number of morpholine rings is 1. The van der Waals surface area contributed by atoms with Crippen molar-refractivity contribution >= 4 is 0 Å². The van der Waals surface area contributed by atoms with Gasteiger partial charge < -0.3 is 15.0 Å². The van der Waals surface area contributed by atoms with Gasteiger partial charge in [0.2, 0.25) is 0 Å². The van der Waals surface area contributed by atoms with Crippen LogP contribution in [0.15, 0.2) is 12.7 Å². The van der Waals surface area contributed by atoms with E-state index in [9.17, 15) is 0 Å². The molecule has 0 spiro atoms. The molecule has 0 aromatic carbocycles. The molecule has 0 amide bonds. The Morgan fingerprint density at radius 3 is 2.94 bits per heavy atom. The molecule has 2 unspecified atom stereocenters. The van der Waals surface area contributed by atoms with Gasteiger partial charge in [-0.3, -0.25) is 0 Å². The average molecular weight is 240 g/mol. The van der Waals surface area contributed by atoms with Gasteiger partial charge in [-0.1, -0.05) is 18.9 Å². The van der Waals surface area contributed by atoms with Crippen molar-refractivity contribution in [1.29, 1.82) is 0 Å². The third-order valence-corrected chi connectivity index (χ3v) is 3.54. The summed E-state index contributed by atoms with van der Waals surface area (Å²) in [6, 6.07) is 0.501. The van der Waals surface area contributed by atoms with Gasteiger partial charge in [0.05, 0.1) is 12.7 Å². The van der Waals surface area contributed by atoms with Crippen LogP contribution >= 0.6 is 0 Å². The number of likely N-dealkylation sites (N-methyl/N-ethyl adjacent to an activating group) is 2. The molecule has 1 fully saturated rings. The van der Waals surface area contributed by atoms with Crippen molar-refractivity contribution < 1.29 is 4.74 Å². The van der Waals surface area contributed by atoms with E-state index in [1.165, 1.54) is 25.7 Å². The Kier molecular flexibility index (Phi) is 7.49. The predicted octanol–water partition coefficient (Wildman–Crippen LogP) is 2.04. The zero-order valence-electron chi connectivity index (χ0n) is 11.5. The molecule has 0 radical (unpaired) electrons. The fourth-order valence-electron chi connectivity index (χ4n) is 2.40. The number of hydrogen-bond donors (Lipinski definition) is 1. The maximum Gasteiger partial charge on any atom is 0.0855 e. The summed E-state index contributed by atoms with van der Waals surface area (Å²) in [5.74, 6) is 0. The first-order valence-corrected chi connectivity index (χ1v) is 6.86. The van der Waals surface area contributed by atoms with E-state index in [0.29, 0.717) is 12.1 Å². The standard InChI is InChI=1S/C14H28N2O/c1-4-5-6-7-8-9-13(15-2)14-12-16(3)10-11-17-14/h4,13-15H,1,5-12H2,2-3H3. The van der Waals surface area contributed by atoms with Crippen molar-refractivity contribution in [3.63, 3.8) is 0 Å². The lowest BCUT2D eigenvalue weighted by Gasteiger charge is -2.35. The highest BCUT2D eigenvalue weighted by Crippen LogP contribution is 2.14. The third-order valence-electron chi connectivity index (χ3n) is 3.54. The fraction of sp³-hybridized carbons (Fsp3) is 0.857. The molecular formula is C14H28N2O. The molecule has 1 saturated heterocycles. The van der Waals surface area contributed by atoms with Gasteiger partial charge in [-0.25, -0.2) is 0 Å². The summed E-state index contributed by atoms with van der Waals surface area (Å²) in [4.78, 5) is 2.36. The smallest absolute Gasteiger partial charge is 0.0855 e. The zero-order chi connectivity index (χ0) is 12.5. The van der Waals surface area contributed by atoms with Crippen molar-refractivity contribution in [2.75, 3.05) is 33.8 Å². The Bertz CT molecular complexity index is 208. The van der Waals surface area contributed by atoms with Crippen LogP contribution in [0.4, 0.5) is 0 Å². The normalized spacial score (nSPS) is 23.5. The number of nitrogens with zero attached hydrogens (tertiary/aromatic N) is 1. The molecule has 1 aliphatic heterocycles. The summed E-state index contributed by atoms with van der Waals surface area (Å²) in [6.07, 6.45) is 8.58. The van der Waals surface area contributed by atoms with E-state index in [-0.39, 0.29) is 0 Å². The second-order valence-electron chi connectivity index (χ2n) is 4.99. The molecule has 3 nitrogen and oxygen atoms in total. The maximum absolute atomic E-state index is 5.86. The van der Waals surface area contributed by atoms with E-state index in [4.69, 9.17) is 4.74 Å². The van der Waals surface area contributed by atoms with Crippen molar-refractivity contribution in [3.05, 3.63) is 12.7 Å². The van der Waals surface area contributed by atoms with Crippen LogP contribution in [0.2, 0.25) is 0 Å². The van der Waals surface area contributed by atoms with Gasteiger partial charge in [-0.05, 0) is 33.4 Å². The molecule has 0 bridgehead atoms. The van der Waals surface area contributed by atoms with Crippen LogP contribution in [0.3, 0.4) is 0 Å². The summed E-state index contributed by atoms with van der Waals surface area (Å²) >= 11 is 0. The van der Waals surface area contributed by atoms with Gasteiger partial charge in [0.25, 0.3) is 0 Å². The summed E-state index contributed by atoms with van der Waals surface area (Å²) < 4.78 is 5.86. The number of ether oxygens (including phenoxy) is 1. The van der Waals surface area contributed by atoms with Crippen LogP contribution in [0, 0.1) is 0 Å². The van der Waals surface area contributed by atoms with Crippen molar-refractivity contribution in [2.45, 2.75) is 44.2 Å². The van der Waals surface area contributed by atoms with Gasteiger partial charge in [0.15, 0.2) is 0 Å². The molecular weight excluding hydrogens is 212 g/mol. The summed E-state index contributed by atoms with van der Waals surface area (Å²) in [5, 5.41) is 3.41.